The molecule has 15 heavy (non-hydrogen) atoms. The van der Waals surface area contributed by atoms with E-state index in [9.17, 15) is 13.8 Å². The van der Waals surface area contributed by atoms with Crippen LogP contribution in [0.15, 0.2) is 12.1 Å². The number of halogens is 2. The zero-order valence-corrected chi connectivity index (χ0v) is 9.44. The minimum Gasteiger partial charge on any atom is -0.446 e. The van der Waals surface area contributed by atoms with Crippen LogP contribution in [0.25, 0.3) is 0 Å². The van der Waals surface area contributed by atoms with Gasteiger partial charge in [-0.1, -0.05) is 27.6 Å². The molecule has 1 aromatic carbocycles. The van der Waals surface area contributed by atoms with Gasteiger partial charge in [-0.05, 0) is 28.6 Å². The Hall–Kier alpha value is -0.895. The van der Waals surface area contributed by atoms with Crippen LogP contribution >= 0.6 is 0 Å². The highest BCUT2D eigenvalue weighted by atomic mass is 19.1. The Bertz CT molecular complexity index is 370. The van der Waals surface area contributed by atoms with E-state index in [0.29, 0.717) is 5.56 Å². The van der Waals surface area contributed by atoms with Crippen molar-refractivity contribution in [3.63, 3.8) is 0 Å². The number of benzene rings is 1. The van der Waals surface area contributed by atoms with Gasteiger partial charge in [0, 0.05) is 0 Å². The van der Waals surface area contributed by atoms with Crippen molar-refractivity contribution in [3.05, 3.63) is 29.3 Å². The molecular formula is C11H15BF2O. The maximum atomic E-state index is 13.6. The summed E-state index contributed by atoms with van der Waals surface area (Å²) in [6.07, 6.45) is 0. The molecule has 0 saturated heterocycles. The van der Waals surface area contributed by atoms with Crippen LogP contribution < -0.4 is 5.46 Å². The lowest BCUT2D eigenvalue weighted by Crippen LogP contribution is -2.31. The van der Waals surface area contributed by atoms with Crippen LogP contribution in [0, 0.1) is 11.6 Å². The average Bonchev–Trinajstić information content (AvgIpc) is 2.06. The Balaban J connectivity index is 3.32. The van der Waals surface area contributed by atoms with Gasteiger partial charge in [-0.2, -0.15) is 0 Å². The van der Waals surface area contributed by atoms with Crippen molar-refractivity contribution in [2.24, 2.45) is 0 Å². The maximum Gasteiger partial charge on any atom is 0.323 e. The summed E-state index contributed by atoms with van der Waals surface area (Å²) in [6, 6.07) is 2.23. The summed E-state index contributed by atoms with van der Waals surface area (Å²) in [5, 5.41) is 9.22. The topological polar surface area (TPSA) is 20.2 Å². The van der Waals surface area contributed by atoms with Crippen LogP contribution in [0.1, 0.15) is 26.3 Å². The van der Waals surface area contributed by atoms with Crippen LogP contribution in [0.3, 0.4) is 0 Å². The standard InChI is InChI=1S/C11H15BF2O/c1-11(2,3)7-5-10(14)8(12(4)15)6-9(7)13/h5-6,15H,1-4H3. The molecule has 4 heteroatoms. The molecule has 0 atom stereocenters. The van der Waals surface area contributed by atoms with E-state index in [1.807, 2.05) is 20.8 Å². The summed E-state index contributed by atoms with van der Waals surface area (Å²) < 4.78 is 27.1. The summed E-state index contributed by atoms with van der Waals surface area (Å²) in [4.78, 5) is 0. The summed E-state index contributed by atoms with van der Waals surface area (Å²) in [6.45, 7) is 5.86. The zero-order valence-electron chi connectivity index (χ0n) is 9.44. The van der Waals surface area contributed by atoms with Gasteiger partial charge in [-0.15, -0.1) is 0 Å². The van der Waals surface area contributed by atoms with E-state index in [4.69, 9.17) is 0 Å². The molecule has 82 valence electrons. The number of rotatable bonds is 1. The minimum atomic E-state index is -0.992. The largest absolute Gasteiger partial charge is 0.446 e. The second kappa shape index (κ2) is 3.93. The molecule has 0 unspecified atom stereocenters. The van der Waals surface area contributed by atoms with E-state index in [2.05, 4.69) is 0 Å². The average molecular weight is 212 g/mol. The molecule has 0 radical (unpaired) electrons. The molecular weight excluding hydrogens is 197 g/mol. The maximum absolute atomic E-state index is 13.6. The third kappa shape index (κ3) is 2.56. The quantitative estimate of drug-likeness (QED) is 0.706. The van der Waals surface area contributed by atoms with Crippen molar-refractivity contribution in [1.82, 2.24) is 0 Å². The lowest BCUT2D eigenvalue weighted by Gasteiger charge is -2.20. The van der Waals surface area contributed by atoms with E-state index in [0.717, 1.165) is 12.1 Å². The van der Waals surface area contributed by atoms with Gasteiger partial charge in [0.2, 0.25) is 0 Å². The van der Waals surface area contributed by atoms with Crippen LogP contribution in [0.2, 0.25) is 6.82 Å². The van der Waals surface area contributed by atoms with Gasteiger partial charge in [0.15, 0.2) is 0 Å². The normalized spacial score (nSPS) is 11.7. The molecule has 1 N–H and O–H groups in total. The highest BCUT2D eigenvalue weighted by molar-refractivity contribution is 6.64. The molecule has 0 saturated carbocycles. The lowest BCUT2D eigenvalue weighted by atomic mass is 9.63. The van der Waals surface area contributed by atoms with Crippen molar-refractivity contribution < 1.29 is 13.8 Å². The van der Waals surface area contributed by atoms with Gasteiger partial charge in [-0.3, -0.25) is 0 Å². The fraction of sp³-hybridized carbons (Fsp3) is 0.455. The molecule has 0 fully saturated rings. The number of hydrogen-bond donors (Lipinski definition) is 1. The first-order valence-corrected chi connectivity index (χ1v) is 4.91. The Labute approximate surface area is 89.2 Å². The predicted molar refractivity (Wildman–Crippen MR) is 58.5 cm³/mol. The Morgan fingerprint density at radius 2 is 1.67 bits per heavy atom. The molecule has 1 aromatic rings. The van der Waals surface area contributed by atoms with Crippen molar-refractivity contribution in [2.45, 2.75) is 33.0 Å². The van der Waals surface area contributed by atoms with Gasteiger partial charge in [0.1, 0.15) is 11.6 Å². The SMILES string of the molecule is CB(O)c1cc(F)c(C(C)(C)C)cc1F. The number of hydrogen-bond acceptors (Lipinski definition) is 1. The highest BCUT2D eigenvalue weighted by Gasteiger charge is 2.23. The Morgan fingerprint density at radius 3 is 2.07 bits per heavy atom. The second-order valence-corrected chi connectivity index (χ2v) is 4.78. The third-order valence-electron chi connectivity index (χ3n) is 2.34. The van der Waals surface area contributed by atoms with Crippen LogP contribution in [0.5, 0.6) is 0 Å². The molecule has 0 heterocycles. The molecule has 0 amide bonds. The molecule has 0 aliphatic heterocycles. The van der Waals surface area contributed by atoms with Crippen LogP contribution in [-0.2, 0) is 5.41 Å². The van der Waals surface area contributed by atoms with E-state index in [1.54, 1.807) is 0 Å². The second-order valence-electron chi connectivity index (χ2n) is 4.78. The third-order valence-corrected chi connectivity index (χ3v) is 2.34. The smallest absolute Gasteiger partial charge is 0.323 e. The molecule has 0 aromatic heterocycles. The molecule has 1 nitrogen and oxygen atoms in total. The fourth-order valence-electron chi connectivity index (χ4n) is 1.46. The Morgan fingerprint density at radius 1 is 1.13 bits per heavy atom. The molecule has 1 rings (SSSR count). The van der Waals surface area contributed by atoms with Gasteiger partial charge in [0.05, 0.1) is 0 Å². The van der Waals surface area contributed by atoms with Gasteiger partial charge >= 0.3 is 6.92 Å². The summed E-state index contributed by atoms with van der Waals surface area (Å²) in [7, 11) is 0. The fourth-order valence-corrected chi connectivity index (χ4v) is 1.46. The Kier molecular flexibility index (Phi) is 3.19. The van der Waals surface area contributed by atoms with Crippen molar-refractivity contribution in [1.29, 1.82) is 0 Å². The van der Waals surface area contributed by atoms with E-state index >= 15 is 0 Å². The van der Waals surface area contributed by atoms with Crippen LogP contribution in [-0.4, -0.2) is 11.9 Å². The first-order valence-electron chi connectivity index (χ1n) is 4.91. The lowest BCUT2D eigenvalue weighted by molar-refractivity contribution is 0.512. The van der Waals surface area contributed by atoms with Gasteiger partial charge in [0.25, 0.3) is 0 Å². The molecule has 0 spiro atoms. The zero-order chi connectivity index (χ0) is 11.8. The minimum absolute atomic E-state index is 0.000463. The van der Waals surface area contributed by atoms with Crippen molar-refractivity contribution >= 4 is 12.4 Å². The first-order chi connectivity index (χ1) is 6.73. The summed E-state index contributed by atoms with van der Waals surface area (Å²) >= 11 is 0. The molecule has 0 aliphatic carbocycles. The van der Waals surface area contributed by atoms with Crippen LogP contribution in [0.4, 0.5) is 8.78 Å². The first kappa shape index (κ1) is 12.2. The summed E-state index contributed by atoms with van der Waals surface area (Å²) in [5.74, 6) is -1.03. The van der Waals surface area contributed by atoms with Crippen molar-refractivity contribution in [2.75, 3.05) is 0 Å². The monoisotopic (exact) mass is 212 g/mol. The van der Waals surface area contributed by atoms with E-state index < -0.39 is 24.0 Å². The van der Waals surface area contributed by atoms with E-state index in [1.165, 1.54) is 6.82 Å². The van der Waals surface area contributed by atoms with Gasteiger partial charge < -0.3 is 5.02 Å². The highest BCUT2D eigenvalue weighted by Crippen LogP contribution is 2.25. The molecule has 0 aliphatic rings. The summed E-state index contributed by atoms with van der Waals surface area (Å²) in [5.41, 5.74) is -0.118. The van der Waals surface area contributed by atoms with Gasteiger partial charge in [-0.25, -0.2) is 8.78 Å². The van der Waals surface area contributed by atoms with Crippen molar-refractivity contribution in [3.8, 4) is 0 Å². The van der Waals surface area contributed by atoms with E-state index in [-0.39, 0.29) is 5.46 Å². The molecule has 0 bridgehead atoms. The predicted octanol–water partition coefficient (Wildman–Crippen LogP) is 2.08.